The molecule has 0 aliphatic heterocycles. The van der Waals surface area contributed by atoms with E-state index in [4.69, 9.17) is 4.74 Å². The van der Waals surface area contributed by atoms with Crippen LogP contribution in [0.5, 0.6) is 5.75 Å². The lowest BCUT2D eigenvalue weighted by molar-refractivity contribution is -0.139. The number of benzene rings is 2. The lowest BCUT2D eigenvalue weighted by atomic mass is 10.1. The standard InChI is InChI=1S/C24H17F4N3OS/c25-22-21(16-6-3-9-29-13-16)31-23(33-22)30-17-7-8-20(19(12-17)24(26,27)28)32-18-10-14-4-1-2-5-15(14)11-18/h1-9,12-13,18H,10-11H2,(H,30,31). The molecule has 168 valence electrons. The Labute approximate surface area is 190 Å². The van der Waals surface area contributed by atoms with E-state index < -0.39 is 16.9 Å². The number of rotatable bonds is 5. The third-order valence-electron chi connectivity index (χ3n) is 5.36. The predicted molar refractivity (Wildman–Crippen MR) is 118 cm³/mol. The molecule has 1 aliphatic carbocycles. The van der Waals surface area contributed by atoms with Crippen molar-refractivity contribution in [3.05, 3.63) is 88.8 Å². The average molecular weight is 471 g/mol. The van der Waals surface area contributed by atoms with Gasteiger partial charge in [-0.3, -0.25) is 4.98 Å². The number of hydrogen-bond acceptors (Lipinski definition) is 5. The van der Waals surface area contributed by atoms with Crippen LogP contribution in [0.1, 0.15) is 16.7 Å². The van der Waals surface area contributed by atoms with Gasteiger partial charge in [0.05, 0.1) is 5.56 Å². The van der Waals surface area contributed by atoms with Gasteiger partial charge in [0.1, 0.15) is 17.5 Å². The van der Waals surface area contributed by atoms with Gasteiger partial charge in [0.15, 0.2) is 5.13 Å². The molecule has 2 aromatic carbocycles. The molecule has 2 heterocycles. The maximum Gasteiger partial charge on any atom is 0.420 e. The molecule has 0 saturated heterocycles. The first kappa shape index (κ1) is 21.4. The van der Waals surface area contributed by atoms with Crippen LogP contribution in [0.25, 0.3) is 11.3 Å². The Morgan fingerprint density at radius 3 is 2.42 bits per heavy atom. The van der Waals surface area contributed by atoms with Crippen LogP contribution in [0.4, 0.5) is 28.4 Å². The molecule has 0 radical (unpaired) electrons. The van der Waals surface area contributed by atoms with Crippen molar-refractivity contribution in [2.45, 2.75) is 25.1 Å². The zero-order chi connectivity index (χ0) is 23.0. The van der Waals surface area contributed by atoms with Crippen LogP contribution in [0, 0.1) is 5.13 Å². The van der Waals surface area contributed by atoms with Crippen molar-refractivity contribution in [2.24, 2.45) is 0 Å². The number of halogens is 4. The van der Waals surface area contributed by atoms with Gasteiger partial charge < -0.3 is 10.1 Å². The molecule has 0 amide bonds. The topological polar surface area (TPSA) is 47.0 Å². The van der Waals surface area contributed by atoms with Gasteiger partial charge in [0.2, 0.25) is 5.13 Å². The molecule has 0 unspecified atom stereocenters. The van der Waals surface area contributed by atoms with Crippen molar-refractivity contribution in [2.75, 3.05) is 5.32 Å². The molecule has 4 aromatic rings. The smallest absolute Gasteiger partial charge is 0.420 e. The number of pyridine rings is 1. The Kier molecular flexibility index (Phi) is 5.49. The van der Waals surface area contributed by atoms with Crippen molar-refractivity contribution in [1.82, 2.24) is 9.97 Å². The van der Waals surface area contributed by atoms with Gasteiger partial charge in [-0.25, -0.2) is 4.98 Å². The first-order chi connectivity index (χ1) is 15.9. The fourth-order valence-corrected chi connectivity index (χ4v) is 4.61. The lowest BCUT2D eigenvalue weighted by Crippen LogP contribution is -2.19. The maximum absolute atomic E-state index is 14.4. The highest BCUT2D eigenvalue weighted by Crippen LogP contribution is 2.40. The first-order valence-electron chi connectivity index (χ1n) is 10.2. The number of nitrogens with one attached hydrogen (secondary N) is 1. The predicted octanol–water partition coefficient (Wildman–Crippen LogP) is 6.65. The van der Waals surface area contributed by atoms with Crippen LogP contribution in [0.3, 0.4) is 0 Å². The molecular weight excluding hydrogens is 454 g/mol. The average Bonchev–Trinajstić information content (AvgIpc) is 3.37. The summed E-state index contributed by atoms with van der Waals surface area (Å²) in [4.78, 5) is 8.11. The minimum Gasteiger partial charge on any atom is -0.489 e. The molecule has 5 rings (SSSR count). The second kappa shape index (κ2) is 8.47. The minimum atomic E-state index is -4.62. The second-order valence-corrected chi connectivity index (χ2v) is 8.58. The number of alkyl halides is 3. The molecule has 0 fully saturated rings. The van der Waals surface area contributed by atoms with Crippen LogP contribution in [0.2, 0.25) is 0 Å². The summed E-state index contributed by atoms with van der Waals surface area (Å²) >= 11 is 0.712. The van der Waals surface area contributed by atoms with Gasteiger partial charge >= 0.3 is 6.18 Å². The van der Waals surface area contributed by atoms with E-state index >= 15 is 0 Å². The van der Waals surface area contributed by atoms with E-state index in [2.05, 4.69) is 15.3 Å². The van der Waals surface area contributed by atoms with Crippen molar-refractivity contribution >= 4 is 22.2 Å². The largest absolute Gasteiger partial charge is 0.489 e. The number of hydrogen-bond donors (Lipinski definition) is 1. The Morgan fingerprint density at radius 2 is 1.76 bits per heavy atom. The minimum absolute atomic E-state index is 0.0902. The molecule has 0 spiro atoms. The summed E-state index contributed by atoms with van der Waals surface area (Å²) in [5, 5.41) is 2.36. The van der Waals surface area contributed by atoms with Gasteiger partial charge in [-0.2, -0.15) is 17.6 Å². The number of ether oxygens (including phenoxy) is 1. The van der Waals surface area contributed by atoms with Gasteiger partial charge in [0, 0.05) is 36.5 Å². The van der Waals surface area contributed by atoms with Crippen LogP contribution >= 0.6 is 11.3 Å². The summed E-state index contributed by atoms with van der Waals surface area (Å²) in [5.41, 5.74) is 1.99. The summed E-state index contributed by atoms with van der Waals surface area (Å²) in [6, 6.07) is 14.8. The SMILES string of the molecule is Fc1sc(Nc2ccc(OC3Cc4ccccc4C3)c(C(F)(F)F)c2)nc1-c1cccnc1. The second-order valence-electron chi connectivity index (χ2n) is 7.63. The molecular formula is C24H17F4N3OS. The Balaban J connectivity index is 1.38. The van der Waals surface area contributed by atoms with Crippen LogP contribution < -0.4 is 10.1 Å². The van der Waals surface area contributed by atoms with Gasteiger partial charge in [-0.05, 0) is 41.5 Å². The summed E-state index contributed by atoms with van der Waals surface area (Å²) in [5.74, 6) is -0.229. The molecule has 1 N–H and O–H groups in total. The normalized spacial score (nSPS) is 13.7. The van der Waals surface area contributed by atoms with E-state index in [9.17, 15) is 17.6 Å². The maximum atomic E-state index is 14.4. The van der Waals surface area contributed by atoms with E-state index in [1.165, 1.54) is 18.3 Å². The van der Waals surface area contributed by atoms with E-state index in [1.807, 2.05) is 24.3 Å². The zero-order valence-corrected chi connectivity index (χ0v) is 17.9. The van der Waals surface area contributed by atoms with Crippen LogP contribution in [-0.2, 0) is 19.0 Å². The molecule has 9 heteroatoms. The third kappa shape index (κ3) is 4.54. The number of nitrogens with zero attached hydrogens (tertiary/aromatic N) is 2. The Hall–Kier alpha value is -3.46. The number of aromatic nitrogens is 2. The van der Waals surface area contributed by atoms with Crippen LogP contribution in [0.15, 0.2) is 67.0 Å². The van der Waals surface area contributed by atoms with E-state index in [0.29, 0.717) is 29.7 Å². The zero-order valence-electron chi connectivity index (χ0n) is 17.1. The van der Waals surface area contributed by atoms with Gasteiger partial charge in [-0.1, -0.05) is 35.6 Å². The van der Waals surface area contributed by atoms with E-state index in [-0.39, 0.29) is 28.4 Å². The number of anilines is 2. The summed E-state index contributed by atoms with van der Waals surface area (Å²) in [7, 11) is 0. The Morgan fingerprint density at radius 1 is 1.00 bits per heavy atom. The fourth-order valence-electron chi connectivity index (χ4n) is 3.87. The summed E-state index contributed by atoms with van der Waals surface area (Å²) in [6.07, 6.45) is -0.840. The molecule has 0 bridgehead atoms. The monoisotopic (exact) mass is 471 g/mol. The lowest BCUT2D eigenvalue weighted by Gasteiger charge is -2.19. The van der Waals surface area contributed by atoms with Crippen molar-refractivity contribution in [3.63, 3.8) is 0 Å². The third-order valence-corrected chi connectivity index (χ3v) is 6.12. The van der Waals surface area contributed by atoms with Crippen molar-refractivity contribution in [3.8, 4) is 17.0 Å². The van der Waals surface area contributed by atoms with Gasteiger partial charge in [0.25, 0.3) is 0 Å². The molecule has 0 saturated carbocycles. The molecule has 4 nitrogen and oxygen atoms in total. The fraction of sp³-hybridized carbons (Fsp3) is 0.167. The molecule has 33 heavy (non-hydrogen) atoms. The highest BCUT2D eigenvalue weighted by Gasteiger charge is 2.36. The van der Waals surface area contributed by atoms with Gasteiger partial charge in [-0.15, -0.1) is 0 Å². The first-order valence-corrected chi connectivity index (χ1v) is 11.0. The quantitative estimate of drug-likeness (QED) is 0.331. The highest BCUT2D eigenvalue weighted by atomic mass is 32.1. The molecule has 0 atom stereocenters. The molecule has 1 aliphatic rings. The van der Waals surface area contributed by atoms with E-state index in [0.717, 1.165) is 17.2 Å². The summed E-state index contributed by atoms with van der Waals surface area (Å²) in [6.45, 7) is 0. The van der Waals surface area contributed by atoms with Crippen LogP contribution in [-0.4, -0.2) is 16.1 Å². The number of fused-ring (bicyclic) bond motifs is 1. The van der Waals surface area contributed by atoms with E-state index in [1.54, 1.807) is 18.3 Å². The summed E-state index contributed by atoms with van der Waals surface area (Å²) < 4.78 is 61.6. The molecule has 2 aromatic heterocycles. The Bertz CT molecular complexity index is 1270. The van der Waals surface area contributed by atoms with Crippen molar-refractivity contribution < 1.29 is 22.3 Å². The van der Waals surface area contributed by atoms with Crippen molar-refractivity contribution in [1.29, 1.82) is 0 Å². The highest BCUT2D eigenvalue weighted by molar-refractivity contribution is 7.14. The number of thiazole rings is 1.